The van der Waals surface area contributed by atoms with Crippen LogP contribution in [0.25, 0.3) is 0 Å². The molecule has 1 aromatic heterocycles. The normalized spacial score (nSPS) is 10.9. The molecular weight excluding hydrogens is 312 g/mol. The molecule has 0 aromatic carbocycles. The standard InChI is InChI=1S/C13H21BrN2OS/c1-4-16(9-11-5-6-12(14)18-11)13(17)7-8-15-10(2)3/h5-6,10,15H,4,7-9H2,1-3H3. The SMILES string of the molecule is CCN(Cc1ccc(Br)s1)C(=O)CCNC(C)C. The van der Waals surface area contributed by atoms with Crippen LogP contribution in [0.3, 0.4) is 0 Å². The van der Waals surface area contributed by atoms with Gasteiger partial charge in [-0.15, -0.1) is 11.3 Å². The third-order valence-corrected chi connectivity index (χ3v) is 4.21. The number of carbonyl (C=O) groups is 1. The predicted molar refractivity (Wildman–Crippen MR) is 80.9 cm³/mol. The zero-order valence-electron chi connectivity index (χ0n) is 11.2. The molecule has 1 N–H and O–H groups in total. The molecule has 18 heavy (non-hydrogen) atoms. The van der Waals surface area contributed by atoms with E-state index in [0.717, 1.165) is 16.9 Å². The molecule has 0 aliphatic heterocycles. The fraction of sp³-hybridized carbons (Fsp3) is 0.615. The summed E-state index contributed by atoms with van der Waals surface area (Å²) in [5.41, 5.74) is 0. The Kier molecular flexibility index (Phi) is 6.89. The number of nitrogens with one attached hydrogen (secondary N) is 1. The maximum absolute atomic E-state index is 12.0. The van der Waals surface area contributed by atoms with Crippen LogP contribution in [0.5, 0.6) is 0 Å². The Morgan fingerprint density at radius 1 is 1.50 bits per heavy atom. The van der Waals surface area contributed by atoms with Crippen molar-refractivity contribution in [2.75, 3.05) is 13.1 Å². The third-order valence-electron chi connectivity index (χ3n) is 2.60. The lowest BCUT2D eigenvalue weighted by molar-refractivity contribution is -0.131. The summed E-state index contributed by atoms with van der Waals surface area (Å²) in [5.74, 6) is 0.218. The second kappa shape index (κ2) is 7.92. The minimum atomic E-state index is 0.218. The van der Waals surface area contributed by atoms with E-state index in [1.54, 1.807) is 11.3 Å². The number of nitrogens with zero attached hydrogens (tertiary/aromatic N) is 1. The molecule has 0 aliphatic rings. The lowest BCUT2D eigenvalue weighted by Crippen LogP contribution is -2.33. The molecule has 0 spiro atoms. The molecule has 1 rings (SSSR count). The van der Waals surface area contributed by atoms with Crippen LogP contribution in [0.2, 0.25) is 0 Å². The van der Waals surface area contributed by atoms with Crippen molar-refractivity contribution in [2.45, 2.75) is 39.8 Å². The van der Waals surface area contributed by atoms with Crippen LogP contribution in [-0.2, 0) is 11.3 Å². The van der Waals surface area contributed by atoms with E-state index in [1.165, 1.54) is 4.88 Å². The first kappa shape index (κ1) is 15.7. The minimum absolute atomic E-state index is 0.218. The molecule has 0 saturated carbocycles. The van der Waals surface area contributed by atoms with E-state index < -0.39 is 0 Å². The van der Waals surface area contributed by atoms with Crippen molar-refractivity contribution in [1.82, 2.24) is 10.2 Å². The Balaban J connectivity index is 2.42. The fourth-order valence-corrected chi connectivity index (χ4v) is 3.13. The van der Waals surface area contributed by atoms with E-state index >= 15 is 0 Å². The molecule has 0 fully saturated rings. The van der Waals surface area contributed by atoms with Crippen molar-refractivity contribution in [1.29, 1.82) is 0 Å². The van der Waals surface area contributed by atoms with Crippen LogP contribution >= 0.6 is 27.3 Å². The summed E-state index contributed by atoms with van der Waals surface area (Å²) < 4.78 is 1.11. The van der Waals surface area contributed by atoms with Crippen molar-refractivity contribution in [3.8, 4) is 0 Å². The monoisotopic (exact) mass is 332 g/mol. The Bertz CT molecular complexity index is 379. The number of halogens is 1. The topological polar surface area (TPSA) is 32.3 Å². The van der Waals surface area contributed by atoms with E-state index in [4.69, 9.17) is 0 Å². The molecule has 3 nitrogen and oxygen atoms in total. The highest BCUT2D eigenvalue weighted by Gasteiger charge is 2.12. The molecule has 0 saturated heterocycles. The van der Waals surface area contributed by atoms with Gasteiger partial charge in [0, 0.05) is 30.4 Å². The molecule has 1 aromatic rings. The average Bonchev–Trinajstić information content (AvgIpc) is 2.71. The first-order valence-corrected chi connectivity index (χ1v) is 7.89. The third kappa shape index (κ3) is 5.50. The summed E-state index contributed by atoms with van der Waals surface area (Å²) in [6.45, 7) is 8.43. The van der Waals surface area contributed by atoms with Gasteiger partial charge in [-0.05, 0) is 35.0 Å². The fourth-order valence-electron chi connectivity index (χ4n) is 1.63. The number of amides is 1. The number of rotatable bonds is 7. The van der Waals surface area contributed by atoms with Crippen LogP contribution in [0, 0.1) is 0 Å². The Morgan fingerprint density at radius 3 is 2.72 bits per heavy atom. The number of carbonyl (C=O) groups excluding carboxylic acids is 1. The summed E-state index contributed by atoms with van der Waals surface area (Å²) >= 11 is 5.13. The van der Waals surface area contributed by atoms with Gasteiger partial charge < -0.3 is 10.2 Å². The molecular formula is C13H21BrN2OS. The van der Waals surface area contributed by atoms with Gasteiger partial charge in [-0.2, -0.15) is 0 Å². The van der Waals surface area contributed by atoms with Gasteiger partial charge in [-0.3, -0.25) is 4.79 Å². The first-order valence-electron chi connectivity index (χ1n) is 6.28. The van der Waals surface area contributed by atoms with Crippen LogP contribution in [0.4, 0.5) is 0 Å². The highest BCUT2D eigenvalue weighted by atomic mass is 79.9. The van der Waals surface area contributed by atoms with Gasteiger partial charge in [-0.25, -0.2) is 0 Å². The largest absolute Gasteiger partial charge is 0.338 e. The first-order chi connectivity index (χ1) is 8.52. The molecule has 0 atom stereocenters. The van der Waals surface area contributed by atoms with Crippen LogP contribution in [0.15, 0.2) is 15.9 Å². The summed E-state index contributed by atoms with van der Waals surface area (Å²) in [6, 6.07) is 4.52. The van der Waals surface area contributed by atoms with Gasteiger partial charge in [-0.1, -0.05) is 13.8 Å². The van der Waals surface area contributed by atoms with E-state index in [-0.39, 0.29) is 5.91 Å². The van der Waals surface area contributed by atoms with Gasteiger partial charge in [0.25, 0.3) is 0 Å². The van der Waals surface area contributed by atoms with Crippen molar-refractivity contribution in [2.24, 2.45) is 0 Å². The number of thiophene rings is 1. The van der Waals surface area contributed by atoms with Gasteiger partial charge in [0.05, 0.1) is 10.3 Å². The molecule has 0 radical (unpaired) electrons. The van der Waals surface area contributed by atoms with E-state index in [1.807, 2.05) is 17.9 Å². The maximum Gasteiger partial charge on any atom is 0.224 e. The molecule has 0 aliphatic carbocycles. The molecule has 0 bridgehead atoms. The van der Waals surface area contributed by atoms with Crippen molar-refractivity contribution >= 4 is 33.2 Å². The van der Waals surface area contributed by atoms with Gasteiger partial charge in [0.1, 0.15) is 0 Å². The molecule has 0 unspecified atom stereocenters. The molecule has 102 valence electrons. The van der Waals surface area contributed by atoms with Gasteiger partial charge in [0.2, 0.25) is 5.91 Å². The lowest BCUT2D eigenvalue weighted by atomic mass is 10.3. The van der Waals surface area contributed by atoms with Gasteiger partial charge >= 0.3 is 0 Å². The Morgan fingerprint density at radius 2 is 2.22 bits per heavy atom. The quantitative estimate of drug-likeness (QED) is 0.831. The zero-order chi connectivity index (χ0) is 13.5. The van der Waals surface area contributed by atoms with E-state index in [9.17, 15) is 4.79 Å². The second-order valence-corrected chi connectivity index (χ2v) is 7.02. The smallest absolute Gasteiger partial charge is 0.224 e. The highest BCUT2D eigenvalue weighted by molar-refractivity contribution is 9.11. The predicted octanol–water partition coefficient (Wildman–Crippen LogP) is 3.25. The number of hydrogen-bond acceptors (Lipinski definition) is 3. The van der Waals surface area contributed by atoms with Crippen molar-refractivity contribution < 1.29 is 4.79 Å². The van der Waals surface area contributed by atoms with Crippen LogP contribution in [-0.4, -0.2) is 29.9 Å². The van der Waals surface area contributed by atoms with Gasteiger partial charge in [0.15, 0.2) is 0 Å². The number of hydrogen-bond donors (Lipinski definition) is 1. The van der Waals surface area contributed by atoms with Crippen LogP contribution < -0.4 is 5.32 Å². The molecule has 1 amide bonds. The highest BCUT2D eigenvalue weighted by Crippen LogP contribution is 2.23. The average molecular weight is 333 g/mol. The van der Waals surface area contributed by atoms with E-state index in [2.05, 4.69) is 41.2 Å². The Hall–Kier alpha value is -0.390. The zero-order valence-corrected chi connectivity index (χ0v) is 13.6. The second-order valence-electron chi connectivity index (χ2n) is 4.47. The van der Waals surface area contributed by atoms with E-state index in [0.29, 0.717) is 19.0 Å². The van der Waals surface area contributed by atoms with Crippen molar-refractivity contribution in [3.05, 3.63) is 20.8 Å². The summed E-state index contributed by atoms with van der Waals surface area (Å²) in [6.07, 6.45) is 0.568. The van der Waals surface area contributed by atoms with Crippen molar-refractivity contribution in [3.63, 3.8) is 0 Å². The lowest BCUT2D eigenvalue weighted by Gasteiger charge is -2.20. The summed E-state index contributed by atoms with van der Waals surface area (Å²) in [4.78, 5) is 15.2. The van der Waals surface area contributed by atoms with Crippen LogP contribution in [0.1, 0.15) is 32.1 Å². The minimum Gasteiger partial charge on any atom is -0.338 e. The molecule has 5 heteroatoms. The Labute approximate surface area is 122 Å². The summed E-state index contributed by atoms with van der Waals surface area (Å²) in [7, 11) is 0. The summed E-state index contributed by atoms with van der Waals surface area (Å²) in [5, 5.41) is 3.27. The molecule has 1 heterocycles. The maximum atomic E-state index is 12.0.